The number of likely N-dealkylation sites (N-methyl/N-ethyl adjacent to an activating group) is 1. The summed E-state index contributed by atoms with van der Waals surface area (Å²) in [5, 5.41) is 3.58. The number of hydrogen-bond donors (Lipinski definition) is 1. The van der Waals surface area contributed by atoms with Crippen molar-refractivity contribution in [3.63, 3.8) is 0 Å². The van der Waals surface area contributed by atoms with Crippen molar-refractivity contribution in [2.45, 2.75) is 58.3 Å². The molecule has 2 rings (SSSR count). The summed E-state index contributed by atoms with van der Waals surface area (Å²) in [7, 11) is 2.18. The monoisotopic (exact) mass is 354 g/mol. The third-order valence-electron chi connectivity index (χ3n) is 4.06. The van der Waals surface area contributed by atoms with Gasteiger partial charge in [0.05, 0.1) is 12.1 Å². The first kappa shape index (κ1) is 16.8. The third-order valence-corrected chi connectivity index (χ3v) is 4.56. The van der Waals surface area contributed by atoms with Gasteiger partial charge < -0.3 is 15.0 Å². The molecule has 1 N–H and O–H groups in total. The van der Waals surface area contributed by atoms with Crippen molar-refractivity contribution in [1.82, 2.24) is 5.32 Å². The predicted octanol–water partition coefficient (Wildman–Crippen LogP) is 3.95. The van der Waals surface area contributed by atoms with Crippen molar-refractivity contribution in [3.8, 4) is 0 Å². The highest BCUT2D eigenvalue weighted by Crippen LogP contribution is 2.29. The van der Waals surface area contributed by atoms with Crippen LogP contribution < -0.4 is 10.2 Å². The SMILES string of the molecule is CC1OCCC1N(C)c1ccc(Br)cc1CNC(C)(C)C. The summed E-state index contributed by atoms with van der Waals surface area (Å²) in [6, 6.07) is 6.99. The molecule has 3 nitrogen and oxygen atoms in total. The maximum atomic E-state index is 5.72. The van der Waals surface area contributed by atoms with E-state index in [1.165, 1.54) is 11.3 Å². The standard InChI is InChI=1S/C17H27BrN2O/c1-12-15(8-9-21-12)20(5)16-7-6-14(18)10-13(16)11-19-17(2,3)4/h6-7,10,12,15,19H,8-9,11H2,1-5H3. The first-order valence-electron chi connectivity index (χ1n) is 7.66. The summed E-state index contributed by atoms with van der Waals surface area (Å²) in [6.45, 7) is 10.5. The Morgan fingerprint density at radius 2 is 2.10 bits per heavy atom. The normalized spacial score (nSPS) is 22.6. The Morgan fingerprint density at radius 3 is 2.67 bits per heavy atom. The van der Waals surface area contributed by atoms with Crippen molar-refractivity contribution in [1.29, 1.82) is 0 Å². The van der Waals surface area contributed by atoms with Gasteiger partial charge in [0.25, 0.3) is 0 Å². The number of anilines is 1. The number of rotatable bonds is 4. The van der Waals surface area contributed by atoms with Crippen LogP contribution in [0.3, 0.4) is 0 Å². The van der Waals surface area contributed by atoms with Crippen molar-refractivity contribution < 1.29 is 4.74 Å². The van der Waals surface area contributed by atoms with Crippen LogP contribution in [-0.2, 0) is 11.3 Å². The fraction of sp³-hybridized carbons (Fsp3) is 0.647. The Hall–Kier alpha value is -0.580. The lowest BCUT2D eigenvalue weighted by molar-refractivity contribution is 0.118. The van der Waals surface area contributed by atoms with E-state index in [1.54, 1.807) is 0 Å². The zero-order chi connectivity index (χ0) is 15.6. The lowest BCUT2D eigenvalue weighted by atomic mass is 10.0. The quantitative estimate of drug-likeness (QED) is 0.885. The molecule has 0 aromatic heterocycles. The molecule has 1 heterocycles. The molecular weight excluding hydrogens is 328 g/mol. The molecule has 21 heavy (non-hydrogen) atoms. The predicted molar refractivity (Wildman–Crippen MR) is 93.0 cm³/mol. The van der Waals surface area contributed by atoms with E-state index in [-0.39, 0.29) is 5.54 Å². The molecule has 2 atom stereocenters. The molecule has 0 saturated carbocycles. The van der Waals surface area contributed by atoms with Crippen molar-refractivity contribution in [3.05, 3.63) is 28.2 Å². The van der Waals surface area contributed by atoms with Crippen LogP contribution in [0.15, 0.2) is 22.7 Å². The van der Waals surface area contributed by atoms with Crippen LogP contribution in [-0.4, -0.2) is 31.3 Å². The Morgan fingerprint density at radius 1 is 1.38 bits per heavy atom. The summed E-state index contributed by atoms with van der Waals surface area (Å²) in [6.07, 6.45) is 1.39. The second kappa shape index (κ2) is 6.67. The highest BCUT2D eigenvalue weighted by atomic mass is 79.9. The van der Waals surface area contributed by atoms with E-state index < -0.39 is 0 Å². The average Bonchev–Trinajstić information content (AvgIpc) is 2.81. The summed E-state index contributed by atoms with van der Waals surface area (Å²) in [5.74, 6) is 0. The van der Waals surface area contributed by atoms with Gasteiger partial charge in [-0.3, -0.25) is 0 Å². The minimum Gasteiger partial charge on any atom is -0.376 e. The van der Waals surface area contributed by atoms with Gasteiger partial charge in [-0.1, -0.05) is 15.9 Å². The van der Waals surface area contributed by atoms with Crippen LogP contribution in [0.2, 0.25) is 0 Å². The van der Waals surface area contributed by atoms with Crippen LogP contribution in [0.4, 0.5) is 5.69 Å². The Kier molecular flexibility index (Phi) is 5.33. The Balaban J connectivity index is 2.21. The van der Waals surface area contributed by atoms with Gasteiger partial charge in [0.15, 0.2) is 0 Å². The molecule has 0 aliphatic carbocycles. The fourth-order valence-corrected chi connectivity index (χ4v) is 3.22. The number of halogens is 1. The van der Waals surface area contributed by atoms with Crippen LogP contribution >= 0.6 is 15.9 Å². The van der Waals surface area contributed by atoms with E-state index in [0.29, 0.717) is 12.1 Å². The molecule has 1 aliphatic heterocycles. The van der Waals surface area contributed by atoms with Gasteiger partial charge in [0.2, 0.25) is 0 Å². The maximum Gasteiger partial charge on any atom is 0.0750 e. The number of hydrogen-bond acceptors (Lipinski definition) is 3. The summed E-state index contributed by atoms with van der Waals surface area (Å²) in [5.41, 5.74) is 2.72. The molecule has 0 amide bonds. The van der Waals surface area contributed by atoms with Gasteiger partial charge in [-0.2, -0.15) is 0 Å². The van der Waals surface area contributed by atoms with Crippen LogP contribution in [0.5, 0.6) is 0 Å². The molecule has 4 heteroatoms. The first-order chi connectivity index (χ1) is 9.78. The van der Waals surface area contributed by atoms with Crippen LogP contribution in [0, 0.1) is 0 Å². The van der Waals surface area contributed by atoms with E-state index >= 15 is 0 Å². The smallest absolute Gasteiger partial charge is 0.0750 e. The van der Waals surface area contributed by atoms with Crippen molar-refractivity contribution >= 4 is 21.6 Å². The minimum absolute atomic E-state index is 0.113. The average molecular weight is 355 g/mol. The van der Waals surface area contributed by atoms with Crippen molar-refractivity contribution in [2.24, 2.45) is 0 Å². The lowest BCUT2D eigenvalue weighted by Crippen LogP contribution is -2.39. The van der Waals surface area contributed by atoms with Gasteiger partial charge in [0.1, 0.15) is 0 Å². The van der Waals surface area contributed by atoms with E-state index in [2.05, 4.69) is 79.1 Å². The molecular formula is C17H27BrN2O. The number of nitrogens with zero attached hydrogens (tertiary/aromatic N) is 1. The van der Waals surface area contributed by atoms with Crippen LogP contribution in [0.1, 0.15) is 39.7 Å². The van der Waals surface area contributed by atoms with E-state index in [0.717, 1.165) is 24.0 Å². The minimum atomic E-state index is 0.113. The molecule has 0 radical (unpaired) electrons. The van der Waals surface area contributed by atoms with E-state index in [4.69, 9.17) is 4.74 Å². The molecule has 1 aromatic carbocycles. The highest BCUT2D eigenvalue weighted by Gasteiger charge is 2.29. The van der Waals surface area contributed by atoms with Crippen molar-refractivity contribution in [2.75, 3.05) is 18.6 Å². The molecule has 2 unspecified atom stereocenters. The molecule has 0 bridgehead atoms. The van der Waals surface area contributed by atoms with E-state index in [1.807, 2.05) is 0 Å². The molecule has 1 aliphatic rings. The van der Waals surface area contributed by atoms with Gasteiger partial charge >= 0.3 is 0 Å². The maximum absolute atomic E-state index is 5.72. The second-order valence-corrected chi connectivity index (χ2v) is 7.84. The van der Waals surface area contributed by atoms with Gasteiger partial charge in [0, 0.05) is 35.9 Å². The number of benzene rings is 1. The Labute approximate surface area is 137 Å². The zero-order valence-corrected chi connectivity index (χ0v) is 15.3. The third kappa shape index (κ3) is 4.44. The van der Waals surface area contributed by atoms with Gasteiger partial charge in [-0.05, 0) is 57.9 Å². The Bertz CT molecular complexity index is 484. The van der Waals surface area contributed by atoms with Gasteiger partial charge in [-0.25, -0.2) is 0 Å². The highest BCUT2D eigenvalue weighted by molar-refractivity contribution is 9.10. The largest absolute Gasteiger partial charge is 0.376 e. The van der Waals surface area contributed by atoms with Crippen LogP contribution in [0.25, 0.3) is 0 Å². The zero-order valence-electron chi connectivity index (χ0n) is 13.7. The summed E-state index contributed by atoms with van der Waals surface area (Å²) < 4.78 is 6.85. The fourth-order valence-electron chi connectivity index (χ4n) is 2.81. The summed E-state index contributed by atoms with van der Waals surface area (Å²) >= 11 is 3.59. The number of ether oxygens (including phenoxy) is 1. The summed E-state index contributed by atoms with van der Waals surface area (Å²) in [4.78, 5) is 2.38. The second-order valence-electron chi connectivity index (χ2n) is 6.92. The first-order valence-corrected chi connectivity index (χ1v) is 8.45. The van der Waals surface area contributed by atoms with E-state index in [9.17, 15) is 0 Å². The van der Waals surface area contributed by atoms with Gasteiger partial charge in [-0.15, -0.1) is 0 Å². The lowest BCUT2D eigenvalue weighted by Gasteiger charge is -2.31. The molecule has 1 saturated heterocycles. The number of nitrogens with one attached hydrogen (secondary N) is 1. The molecule has 118 valence electrons. The molecule has 1 aromatic rings. The molecule has 0 spiro atoms. The topological polar surface area (TPSA) is 24.5 Å². The molecule has 1 fully saturated rings.